The third kappa shape index (κ3) is 2.15. The molecule has 2 heterocycles. The summed E-state index contributed by atoms with van der Waals surface area (Å²) in [6.07, 6.45) is 5.24. The Morgan fingerprint density at radius 3 is 2.50 bits per heavy atom. The average molecular weight is 212 g/mol. The molecule has 1 fully saturated rings. The molecule has 1 aliphatic heterocycles. The number of rotatable bonds is 2. The van der Waals surface area contributed by atoms with Gasteiger partial charge in [0.2, 0.25) is 11.1 Å². The molecule has 0 atom stereocenters. The topological polar surface area (TPSA) is 41.1 Å². The van der Waals surface area contributed by atoms with Gasteiger partial charge in [-0.3, -0.25) is 0 Å². The fourth-order valence-corrected chi connectivity index (χ4v) is 2.25. The molecular weight excluding hydrogens is 196 g/mol. The van der Waals surface area contributed by atoms with Crippen LogP contribution in [0.5, 0.6) is 0 Å². The number of hydrogen-bond acceptors (Lipinski definition) is 5. The van der Waals surface area contributed by atoms with Gasteiger partial charge in [0, 0.05) is 31.7 Å². The zero-order valence-electron chi connectivity index (χ0n) is 8.49. The van der Waals surface area contributed by atoms with Gasteiger partial charge in [-0.05, 0) is 12.8 Å². The van der Waals surface area contributed by atoms with Crippen molar-refractivity contribution in [2.45, 2.75) is 25.7 Å². The second-order valence-corrected chi connectivity index (χ2v) is 4.30. The van der Waals surface area contributed by atoms with E-state index in [9.17, 15) is 0 Å². The second-order valence-electron chi connectivity index (χ2n) is 3.55. The Morgan fingerprint density at radius 1 is 1.21 bits per heavy atom. The maximum absolute atomic E-state index is 4.42. The quantitative estimate of drug-likeness (QED) is 0.813. The molecule has 14 heavy (non-hydrogen) atoms. The molecular formula is C9H16N4S. The molecule has 78 valence electrons. The summed E-state index contributed by atoms with van der Waals surface area (Å²) in [4.78, 5) is 6.71. The van der Waals surface area contributed by atoms with E-state index in [2.05, 4.69) is 19.6 Å². The van der Waals surface area contributed by atoms with E-state index in [1.54, 1.807) is 0 Å². The van der Waals surface area contributed by atoms with Crippen LogP contribution in [-0.4, -0.2) is 29.5 Å². The van der Waals surface area contributed by atoms with Gasteiger partial charge in [0.1, 0.15) is 0 Å². The van der Waals surface area contributed by atoms with Crippen molar-refractivity contribution < 1.29 is 0 Å². The van der Waals surface area contributed by atoms with Crippen LogP contribution in [0.2, 0.25) is 0 Å². The van der Waals surface area contributed by atoms with Crippen molar-refractivity contribution in [2.75, 3.05) is 30.4 Å². The minimum Gasteiger partial charge on any atom is -0.363 e. The Hall–Kier alpha value is -0.840. The van der Waals surface area contributed by atoms with Crippen LogP contribution in [0.3, 0.4) is 0 Å². The first-order valence-electron chi connectivity index (χ1n) is 5.16. The van der Waals surface area contributed by atoms with Crippen LogP contribution in [0.4, 0.5) is 11.1 Å². The zero-order valence-corrected chi connectivity index (χ0v) is 9.31. The fraction of sp³-hybridized carbons (Fsp3) is 0.778. The predicted molar refractivity (Wildman–Crippen MR) is 60.1 cm³/mol. The molecule has 0 spiro atoms. The van der Waals surface area contributed by atoms with Gasteiger partial charge in [-0.2, -0.15) is 9.36 Å². The van der Waals surface area contributed by atoms with E-state index in [0.29, 0.717) is 0 Å². The highest BCUT2D eigenvalue weighted by atomic mass is 32.1. The summed E-state index contributed by atoms with van der Waals surface area (Å²) in [6, 6.07) is 0. The normalized spacial score (nSPS) is 17.9. The van der Waals surface area contributed by atoms with E-state index < -0.39 is 0 Å². The maximum Gasteiger partial charge on any atom is 0.239 e. The largest absolute Gasteiger partial charge is 0.363 e. The molecule has 1 aromatic rings. The minimum atomic E-state index is 0.904. The summed E-state index contributed by atoms with van der Waals surface area (Å²) in [6.45, 7) is 2.22. The summed E-state index contributed by atoms with van der Waals surface area (Å²) < 4.78 is 4.35. The van der Waals surface area contributed by atoms with Gasteiger partial charge < -0.3 is 10.2 Å². The third-order valence-electron chi connectivity index (χ3n) is 2.52. The molecule has 0 aliphatic carbocycles. The highest BCUT2D eigenvalue weighted by Gasteiger charge is 2.13. The SMILES string of the molecule is CNc1nc(N2CCCCCC2)ns1. The molecule has 1 saturated heterocycles. The molecule has 2 rings (SSSR count). The molecule has 0 radical (unpaired) electrons. The van der Waals surface area contributed by atoms with Gasteiger partial charge in [0.15, 0.2) is 0 Å². The molecule has 1 aliphatic rings. The highest BCUT2D eigenvalue weighted by Crippen LogP contribution is 2.20. The Morgan fingerprint density at radius 2 is 1.93 bits per heavy atom. The lowest BCUT2D eigenvalue weighted by molar-refractivity contribution is 0.726. The zero-order chi connectivity index (χ0) is 9.80. The van der Waals surface area contributed by atoms with E-state index >= 15 is 0 Å². The van der Waals surface area contributed by atoms with Gasteiger partial charge in [0.05, 0.1) is 0 Å². The van der Waals surface area contributed by atoms with E-state index in [1.807, 2.05) is 7.05 Å². The van der Waals surface area contributed by atoms with Gasteiger partial charge in [-0.1, -0.05) is 12.8 Å². The average Bonchev–Trinajstić information content (AvgIpc) is 2.53. The molecule has 1 aromatic heterocycles. The van der Waals surface area contributed by atoms with Crippen LogP contribution in [0.1, 0.15) is 25.7 Å². The number of anilines is 2. The lowest BCUT2D eigenvalue weighted by Gasteiger charge is -2.17. The van der Waals surface area contributed by atoms with Crippen LogP contribution >= 0.6 is 11.5 Å². The first-order valence-corrected chi connectivity index (χ1v) is 5.94. The lowest BCUT2D eigenvalue weighted by atomic mass is 10.2. The van der Waals surface area contributed by atoms with Crippen molar-refractivity contribution >= 4 is 22.6 Å². The Balaban J connectivity index is 2.04. The van der Waals surface area contributed by atoms with Crippen LogP contribution in [0.25, 0.3) is 0 Å². The smallest absolute Gasteiger partial charge is 0.239 e. The van der Waals surface area contributed by atoms with Crippen molar-refractivity contribution in [1.82, 2.24) is 9.36 Å². The number of hydrogen-bond donors (Lipinski definition) is 1. The standard InChI is InChI=1S/C9H16N4S/c1-10-9-11-8(12-14-9)13-6-4-2-3-5-7-13/h2-7H2,1H3,(H,10,11,12). The summed E-state index contributed by atoms with van der Waals surface area (Å²) in [5.74, 6) is 0.904. The predicted octanol–water partition coefficient (Wildman–Crippen LogP) is 1.96. The number of aromatic nitrogens is 2. The number of nitrogens with zero attached hydrogens (tertiary/aromatic N) is 3. The van der Waals surface area contributed by atoms with Crippen molar-refractivity contribution in [3.05, 3.63) is 0 Å². The second kappa shape index (κ2) is 4.59. The molecule has 0 bridgehead atoms. The molecule has 5 heteroatoms. The third-order valence-corrected chi connectivity index (χ3v) is 3.24. The minimum absolute atomic E-state index is 0.904. The molecule has 1 N–H and O–H groups in total. The van der Waals surface area contributed by atoms with Gasteiger partial charge in [0.25, 0.3) is 0 Å². The van der Waals surface area contributed by atoms with Crippen LogP contribution in [0.15, 0.2) is 0 Å². The van der Waals surface area contributed by atoms with Gasteiger partial charge >= 0.3 is 0 Å². The monoisotopic (exact) mass is 212 g/mol. The van der Waals surface area contributed by atoms with Gasteiger partial charge in [-0.25, -0.2) is 0 Å². The van der Waals surface area contributed by atoms with Crippen molar-refractivity contribution in [1.29, 1.82) is 0 Å². The fourth-order valence-electron chi connectivity index (χ4n) is 1.72. The van der Waals surface area contributed by atoms with Crippen LogP contribution < -0.4 is 10.2 Å². The molecule has 0 aromatic carbocycles. The van der Waals surface area contributed by atoms with Crippen molar-refractivity contribution in [2.24, 2.45) is 0 Å². The first-order chi connectivity index (χ1) is 6.90. The highest BCUT2D eigenvalue weighted by molar-refractivity contribution is 7.09. The molecule has 0 saturated carbocycles. The van der Waals surface area contributed by atoms with Crippen molar-refractivity contribution in [3.8, 4) is 0 Å². The van der Waals surface area contributed by atoms with E-state index in [4.69, 9.17) is 0 Å². The molecule has 0 amide bonds. The number of nitrogens with one attached hydrogen (secondary N) is 1. The summed E-state index contributed by atoms with van der Waals surface area (Å²) in [5.41, 5.74) is 0. The molecule has 4 nitrogen and oxygen atoms in total. The maximum atomic E-state index is 4.42. The Labute approximate surface area is 88.5 Å². The van der Waals surface area contributed by atoms with E-state index in [0.717, 1.165) is 24.2 Å². The Kier molecular flexibility index (Phi) is 3.18. The van der Waals surface area contributed by atoms with Crippen LogP contribution in [-0.2, 0) is 0 Å². The van der Waals surface area contributed by atoms with Gasteiger partial charge in [-0.15, -0.1) is 0 Å². The first kappa shape index (κ1) is 9.71. The summed E-state index contributed by atoms with van der Waals surface area (Å²) in [5, 5.41) is 3.93. The van der Waals surface area contributed by atoms with Crippen molar-refractivity contribution in [3.63, 3.8) is 0 Å². The van der Waals surface area contributed by atoms with E-state index in [1.165, 1.54) is 37.2 Å². The lowest BCUT2D eigenvalue weighted by Crippen LogP contribution is -2.24. The Bertz CT molecular complexity index is 278. The summed E-state index contributed by atoms with van der Waals surface area (Å²) in [7, 11) is 1.88. The van der Waals surface area contributed by atoms with Crippen LogP contribution in [0, 0.1) is 0 Å². The van der Waals surface area contributed by atoms with E-state index in [-0.39, 0.29) is 0 Å². The summed E-state index contributed by atoms with van der Waals surface area (Å²) >= 11 is 1.44. The molecule has 0 unspecified atom stereocenters.